The van der Waals surface area contributed by atoms with Gasteiger partial charge in [-0.05, 0) is 70.9 Å². The van der Waals surface area contributed by atoms with Gasteiger partial charge in [0.15, 0.2) is 0 Å². The SMILES string of the molecule is C=C(c1ccc(C2=CCN=CC=C2)cc1)N(N)c1cc(CC)c(CC)c(CC)c1. The normalized spacial score (nSPS) is 13.2. The quantitative estimate of drug-likeness (QED) is 0.487. The average molecular weight is 386 g/mol. The van der Waals surface area contributed by atoms with Gasteiger partial charge in [0.05, 0.1) is 17.9 Å². The molecule has 0 amide bonds. The van der Waals surface area contributed by atoms with E-state index in [0.717, 1.165) is 36.2 Å². The van der Waals surface area contributed by atoms with Gasteiger partial charge in [-0.3, -0.25) is 10.0 Å². The molecule has 2 aromatic rings. The third kappa shape index (κ3) is 4.57. The molecule has 2 N–H and O–H groups in total. The predicted molar refractivity (Wildman–Crippen MR) is 127 cm³/mol. The Morgan fingerprint density at radius 2 is 1.69 bits per heavy atom. The van der Waals surface area contributed by atoms with Crippen molar-refractivity contribution in [1.82, 2.24) is 0 Å². The van der Waals surface area contributed by atoms with Gasteiger partial charge in [-0.1, -0.05) is 63.8 Å². The molecule has 0 unspecified atom stereocenters. The summed E-state index contributed by atoms with van der Waals surface area (Å²) in [5, 5.41) is 1.71. The van der Waals surface area contributed by atoms with Crippen LogP contribution in [0.4, 0.5) is 5.69 Å². The molecule has 1 heterocycles. The zero-order valence-electron chi connectivity index (χ0n) is 17.8. The third-order valence-corrected chi connectivity index (χ3v) is 5.54. The zero-order valence-corrected chi connectivity index (χ0v) is 17.8. The number of hydrazine groups is 1. The van der Waals surface area contributed by atoms with E-state index in [9.17, 15) is 0 Å². The van der Waals surface area contributed by atoms with Gasteiger partial charge in [0, 0.05) is 6.21 Å². The molecule has 1 aliphatic rings. The van der Waals surface area contributed by atoms with Gasteiger partial charge < -0.3 is 0 Å². The first-order chi connectivity index (χ1) is 14.1. The maximum Gasteiger partial charge on any atom is 0.0580 e. The molecule has 2 aromatic carbocycles. The first-order valence-electron chi connectivity index (χ1n) is 10.4. The molecule has 0 bridgehead atoms. The lowest BCUT2D eigenvalue weighted by Crippen LogP contribution is -2.29. The summed E-state index contributed by atoms with van der Waals surface area (Å²) < 4.78 is 0. The molecule has 3 heteroatoms. The van der Waals surface area contributed by atoms with E-state index < -0.39 is 0 Å². The smallest absolute Gasteiger partial charge is 0.0580 e. The summed E-state index contributed by atoms with van der Waals surface area (Å²) in [5.41, 5.74) is 9.34. The van der Waals surface area contributed by atoms with Crippen LogP contribution in [0.25, 0.3) is 11.3 Å². The van der Waals surface area contributed by atoms with Crippen LogP contribution in [0.1, 0.15) is 48.6 Å². The number of nitrogens with zero attached hydrogens (tertiary/aromatic N) is 2. The minimum Gasteiger partial charge on any atom is -0.289 e. The van der Waals surface area contributed by atoms with Crippen LogP contribution >= 0.6 is 0 Å². The fraction of sp³-hybridized carbons (Fsp3) is 0.269. The number of hydrogen-bond acceptors (Lipinski definition) is 3. The molecule has 3 nitrogen and oxygen atoms in total. The molecular weight excluding hydrogens is 354 g/mol. The molecule has 0 saturated carbocycles. The summed E-state index contributed by atoms with van der Waals surface area (Å²) in [6, 6.07) is 12.8. The molecule has 0 saturated heterocycles. The van der Waals surface area contributed by atoms with Gasteiger partial charge in [0.1, 0.15) is 0 Å². The lowest BCUT2D eigenvalue weighted by Gasteiger charge is -2.24. The van der Waals surface area contributed by atoms with E-state index >= 15 is 0 Å². The van der Waals surface area contributed by atoms with E-state index in [1.165, 1.54) is 27.8 Å². The molecule has 150 valence electrons. The van der Waals surface area contributed by atoms with E-state index in [-0.39, 0.29) is 0 Å². The van der Waals surface area contributed by atoms with Gasteiger partial charge in [-0.15, -0.1) is 0 Å². The van der Waals surface area contributed by atoms with Gasteiger partial charge >= 0.3 is 0 Å². The second-order valence-corrected chi connectivity index (χ2v) is 7.23. The number of anilines is 1. The Hall–Kier alpha value is -2.91. The molecule has 0 aliphatic carbocycles. The van der Waals surface area contributed by atoms with Crippen molar-refractivity contribution >= 4 is 23.2 Å². The first-order valence-corrected chi connectivity index (χ1v) is 10.4. The highest BCUT2D eigenvalue weighted by Crippen LogP contribution is 2.29. The standard InChI is InChI=1S/C26H31N3/c1-5-20-17-25(18-21(6-2)26(20)7-3)29(27)19(4)22-10-12-24(13-11-22)23-9-8-15-28-16-14-23/h8-15,17-18H,4-7,16,27H2,1-3H3. The Morgan fingerprint density at radius 1 is 1.03 bits per heavy atom. The Labute approximate surface area is 174 Å². The highest BCUT2D eigenvalue weighted by Gasteiger charge is 2.14. The number of hydrogen-bond donors (Lipinski definition) is 1. The Bertz CT molecular complexity index is 937. The van der Waals surface area contributed by atoms with Crippen molar-refractivity contribution in [2.45, 2.75) is 40.0 Å². The monoisotopic (exact) mass is 385 g/mol. The van der Waals surface area contributed by atoms with Gasteiger partial charge in [0.25, 0.3) is 0 Å². The number of benzene rings is 2. The highest BCUT2D eigenvalue weighted by atomic mass is 15.4. The summed E-state index contributed by atoms with van der Waals surface area (Å²) in [6.07, 6.45) is 11.1. The van der Waals surface area contributed by atoms with Crippen LogP contribution in [0.3, 0.4) is 0 Å². The maximum absolute atomic E-state index is 6.51. The van der Waals surface area contributed by atoms with Crippen LogP contribution in [0, 0.1) is 0 Å². The minimum absolute atomic E-state index is 0.709. The van der Waals surface area contributed by atoms with Crippen LogP contribution in [0.15, 0.2) is 66.2 Å². The van der Waals surface area contributed by atoms with Crippen molar-refractivity contribution in [1.29, 1.82) is 0 Å². The number of nitrogens with two attached hydrogens (primary N) is 1. The van der Waals surface area contributed by atoms with Crippen molar-refractivity contribution in [2.24, 2.45) is 10.8 Å². The fourth-order valence-electron chi connectivity index (χ4n) is 3.85. The number of allylic oxidation sites excluding steroid dienone is 3. The molecule has 29 heavy (non-hydrogen) atoms. The molecule has 1 aliphatic heterocycles. The minimum atomic E-state index is 0.709. The van der Waals surface area contributed by atoms with Gasteiger partial charge in [-0.2, -0.15) is 0 Å². The average Bonchev–Trinajstić information content (AvgIpc) is 3.06. The van der Waals surface area contributed by atoms with Crippen LogP contribution in [0.5, 0.6) is 0 Å². The van der Waals surface area contributed by atoms with Crippen LogP contribution in [-0.2, 0) is 19.3 Å². The molecule has 0 spiro atoms. The molecule has 0 atom stereocenters. The topological polar surface area (TPSA) is 41.6 Å². The molecule has 0 fully saturated rings. The summed E-state index contributed by atoms with van der Waals surface area (Å²) in [7, 11) is 0. The Morgan fingerprint density at radius 3 is 2.28 bits per heavy atom. The Balaban J connectivity index is 1.86. The predicted octanol–water partition coefficient (Wildman–Crippen LogP) is 5.75. The molecular formula is C26H31N3. The lowest BCUT2D eigenvalue weighted by molar-refractivity contribution is 0.970. The largest absolute Gasteiger partial charge is 0.289 e. The summed E-state index contributed by atoms with van der Waals surface area (Å²) in [6.45, 7) is 11.6. The molecule has 0 radical (unpaired) electrons. The number of rotatable bonds is 7. The Kier molecular flexibility index (Phi) is 6.84. The lowest BCUT2D eigenvalue weighted by atomic mass is 9.94. The summed E-state index contributed by atoms with van der Waals surface area (Å²) in [4.78, 5) is 4.26. The van der Waals surface area contributed by atoms with Crippen molar-refractivity contribution in [3.63, 3.8) is 0 Å². The van der Waals surface area contributed by atoms with Crippen molar-refractivity contribution in [2.75, 3.05) is 11.6 Å². The molecule has 0 aromatic heterocycles. The van der Waals surface area contributed by atoms with E-state index in [2.05, 4.69) is 80.9 Å². The second kappa shape index (κ2) is 9.53. The van der Waals surface area contributed by atoms with E-state index in [1.54, 1.807) is 5.01 Å². The number of aliphatic imine (C=N–C) groups is 1. The third-order valence-electron chi connectivity index (χ3n) is 5.54. The van der Waals surface area contributed by atoms with E-state index in [0.29, 0.717) is 6.54 Å². The molecule has 3 rings (SSSR count). The maximum atomic E-state index is 6.51. The first kappa shape index (κ1) is 20.8. The van der Waals surface area contributed by atoms with Gasteiger partial charge in [0.2, 0.25) is 0 Å². The van der Waals surface area contributed by atoms with Gasteiger partial charge in [-0.25, -0.2) is 5.84 Å². The second-order valence-electron chi connectivity index (χ2n) is 7.23. The fourth-order valence-corrected chi connectivity index (χ4v) is 3.85. The van der Waals surface area contributed by atoms with Crippen molar-refractivity contribution in [3.8, 4) is 0 Å². The van der Waals surface area contributed by atoms with Crippen molar-refractivity contribution < 1.29 is 0 Å². The van der Waals surface area contributed by atoms with Crippen LogP contribution < -0.4 is 10.9 Å². The zero-order chi connectivity index (χ0) is 20.8. The number of aryl methyl sites for hydroxylation is 2. The van der Waals surface area contributed by atoms with E-state index in [4.69, 9.17) is 5.84 Å². The van der Waals surface area contributed by atoms with Crippen LogP contribution in [0.2, 0.25) is 0 Å². The summed E-state index contributed by atoms with van der Waals surface area (Å²) >= 11 is 0. The van der Waals surface area contributed by atoms with Crippen molar-refractivity contribution in [3.05, 3.63) is 89.0 Å². The highest BCUT2D eigenvalue weighted by molar-refractivity contribution is 5.84. The summed E-state index contributed by atoms with van der Waals surface area (Å²) in [5.74, 6) is 6.51. The van der Waals surface area contributed by atoms with E-state index in [1.807, 2.05) is 12.3 Å². The van der Waals surface area contributed by atoms with Crippen LogP contribution in [-0.4, -0.2) is 12.8 Å².